The Bertz CT molecular complexity index is 1280. The van der Waals surface area contributed by atoms with Gasteiger partial charge in [0.2, 0.25) is 5.89 Å². The highest BCUT2D eigenvalue weighted by molar-refractivity contribution is 6.08. The molecular formula is C24H18N2O3. The molecule has 2 heterocycles. The maximum atomic E-state index is 12.1. The molecule has 0 aliphatic carbocycles. The molecule has 5 heteroatoms. The van der Waals surface area contributed by atoms with Crippen molar-refractivity contribution in [2.24, 2.45) is 4.99 Å². The van der Waals surface area contributed by atoms with Gasteiger partial charge in [0, 0.05) is 6.42 Å². The normalized spacial score (nSPS) is 12.7. The second kappa shape index (κ2) is 6.71. The van der Waals surface area contributed by atoms with Crippen molar-refractivity contribution >= 4 is 28.5 Å². The maximum absolute atomic E-state index is 12.1. The summed E-state index contributed by atoms with van der Waals surface area (Å²) >= 11 is 0. The Morgan fingerprint density at radius 2 is 1.83 bits per heavy atom. The van der Waals surface area contributed by atoms with Crippen LogP contribution >= 0.6 is 0 Å². The van der Waals surface area contributed by atoms with Crippen molar-refractivity contribution in [3.63, 3.8) is 0 Å². The van der Waals surface area contributed by atoms with Gasteiger partial charge in [-0.15, -0.1) is 0 Å². The van der Waals surface area contributed by atoms with E-state index in [1.165, 1.54) is 12.7 Å². The van der Waals surface area contributed by atoms with Crippen molar-refractivity contribution in [3.8, 4) is 11.5 Å². The first-order valence-corrected chi connectivity index (χ1v) is 9.39. The fourth-order valence-electron chi connectivity index (χ4n) is 3.64. The molecule has 0 amide bonds. The average Bonchev–Trinajstić information content (AvgIpc) is 3.37. The van der Waals surface area contributed by atoms with Crippen molar-refractivity contribution in [1.82, 2.24) is 4.98 Å². The fourth-order valence-corrected chi connectivity index (χ4v) is 3.64. The van der Waals surface area contributed by atoms with Gasteiger partial charge in [0.15, 0.2) is 5.58 Å². The highest BCUT2D eigenvalue weighted by Gasteiger charge is 2.23. The Labute approximate surface area is 167 Å². The summed E-state index contributed by atoms with van der Waals surface area (Å²) in [6, 6.07) is 19.6. The zero-order valence-electron chi connectivity index (χ0n) is 16.1. The molecule has 5 nitrogen and oxygen atoms in total. The number of aryl methyl sites for hydroxylation is 1. The number of ether oxygens (including phenoxy) is 1. The SMILES string of the molecule is COC(=O)c1cccc2oc(-c3cccc4c3N=C(c3ccc(C)cc3)C4)nc12. The third-order valence-corrected chi connectivity index (χ3v) is 5.16. The summed E-state index contributed by atoms with van der Waals surface area (Å²) in [5, 5.41) is 0. The van der Waals surface area contributed by atoms with Gasteiger partial charge < -0.3 is 9.15 Å². The second-order valence-electron chi connectivity index (χ2n) is 7.08. The van der Waals surface area contributed by atoms with Gasteiger partial charge in [0.25, 0.3) is 0 Å². The molecule has 0 radical (unpaired) electrons. The molecule has 5 rings (SSSR count). The van der Waals surface area contributed by atoms with Gasteiger partial charge in [-0.1, -0.05) is 48.0 Å². The number of aromatic nitrogens is 1. The summed E-state index contributed by atoms with van der Waals surface area (Å²) in [7, 11) is 1.35. The van der Waals surface area contributed by atoms with Crippen molar-refractivity contribution < 1.29 is 13.9 Å². The molecule has 0 spiro atoms. The molecule has 0 N–H and O–H groups in total. The van der Waals surface area contributed by atoms with Crippen LogP contribution in [0.5, 0.6) is 0 Å². The van der Waals surface area contributed by atoms with Crippen LogP contribution in [-0.2, 0) is 11.2 Å². The third-order valence-electron chi connectivity index (χ3n) is 5.16. The van der Waals surface area contributed by atoms with Gasteiger partial charge >= 0.3 is 5.97 Å². The van der Waals surface area contributed by atoms with E-state index >= 15 is 0 Å². The highest BCUT2D eigenvalue weighted by Crippen LogP contribution is 2.39. The van der Waals surface area contributed by atoms with Crippen LogP contribution in [0.25, 0.3) is 22.6 Å². The Kier molecular flexibility index (Phi) is 4.02. The number of esters is 1. The molecular weight excluding hydrogens is 364 g/mol. The van der Waals surface area contributed by atoms with E-state index in [0.717, 1.165) is 34.5 Å². The fraction of sp³-hybridized carbons (Fsp3) is 0.125. The number of hydrogen-bond acceptors (Lipinski definition) is 5. The molecule has 0 saturated heterocycles. The number of benzene rings is 3. The zero-order valence-corrected chi connectivity index (χ0v) is 16.1. The van der Waals surface area contributed by atoms with Crippen LogP contribution in [0.1, 0.15) is 27.0 Å². The number of fused-ring (bicyclic) bond motifs is 2. The summed E-state index contributed by atoms with van der Waals surface area (Å²) in [5.74, 6) is 0.00975. The molecule has 0 saturated carbocycles. The third kappa shape index (κ3) is 2.91. The maximum Gasteiger partial charge on any atom is 0.340 e. The van der Waals surface area contributed by atoms with Gasteiger partial charge in [0.05, 0.1) is 29.6 Å². The Morgan fingerprint density at radius 3 is 2.62 bits per heavy atom. The standard InChI is InChI=1S/C24H18N2O3/c1-14-9-11-15(12-10-14)19-13-16-5-3-6-17(21(16)25-19)23-26-22-18(24(27)28-2)7-4-8-20(22)29-23/h3-12H,13H2,1-2H3. The first-order chi connectivity index (χ1) is 14.1. The number of carbonyl (C=O) groups is 1. The quantitative estimate of drug-likeness (QED) is 0.453. The molecule has 4 aromatic rings. The molecule has 1 aliphatic rings. The van der Waals surface area contributed by atoms with Crippen molar-refractivity contribution in [3.05, 3.63) is 82.9 Å². The minimum Gasteiger partial charge on any atom is -0.465 e. The summed E-state index contributed by atoms with van der Waals surface area (Å²) in [4.78, 5) is 21.6. The van der Waals surface area contributed by atoms with Gasteiger partial charge in [0.1, 0.15) is 5.52 Å². The minimum atomic E-state index is -0.437. The van der Waals surface area contributed by atoms with Crippen LogP contribution < -0.4 is 0 Å². The van der Waals surface area contributed by atoms with E-state index in [1.807, 2.05) is 12.1 Å². The highest BCUT2D eigenvalue weighted by atomic mass is 16.5. The topological polar surface area (TPSA) is 64.7 Å². The van der Waals surface area contributed by atoms with Crippen LogP contribution in [-0.4, -0.2) is 23.8 Å². The number of oxazole rings is 1. The summed E-state index contributed by atoms with van der Waals surface area (Å²) in [6.07, 6.45) is 0.764. The lowest BCUT2D eigenvalue weighted by molar-refractivity contribution is 0.0602. The number of methoxy groups -OCH3 is 1. The molecule has 1 aromatic heterocycles. The van der Waals surface area contributed by atoms with Crippen LogP contribution in [0.2, 0.25) is 0 Å². The molecule has 3 aromatic carbocycles. The molecule has 0 unspecified atom stereocenters. The first kappa shape index (κ1) is 17.4. The molecule has 1 aliphatic heterocycles. The van der Waals surface area contributed by atoms with Crippen molar-refractivity contribution in [2.75, 3.05) is 7.11 Å². The predicted octanol–water partition coefficient (Wildman–Crippen LogP) is 5.27. The molecule has 29 heavy (non-hydrogen) atoms. The second-order valence-corrected chi connectivity index (χ2v) is 7.08. The number of aliphatic imine (C=N–C) groups is 1. The monoisotopic (exact) mass is 382 g/mol. The molecule has 0 bridgehead atoms. The number of nitrogens with zero attached hydrogens (tertiary/aromatic N) is 2. The first-order valence-electron chi connectivity index (χ1n) is 9.39. The van der Waals surface area contributed by atoms with E-state index in [2.05, 4.69) is 42.2 Å². The van der Waals surface area contributed by atoms with Crippen LogP contribution in [0.4, 0.5) is 5.69 Å². The lowest BCUT2D eigenvalue weighted by Gasteiger charge is -2.01. The van der Waals surface area contributed by atoms with Crippen LogP contribution in [0.15, 0.2) is 70.1 Å². The van der Waals surface area contributed by atoms with E-state index in [1.54, 1.807) is 18.2 Å². The summed E-state index contributed by atoms with van der Waals surface area (Å²) < 4.78 is 10.8. The van der Waals surface area contributed by atoms with E-state index in [-0.39, 0.29) is 0 Å². The Hall–Kier alpha value is -3.73. The summed E-state index contributed by atoms with van der Waals surface area (Å²) in [5.41, 5.74) is 7.60. The number of carbonyl (C=O) groups excluding carboxylic acids is 1. The Balaban J connectivity index is 1.62. The summed E-state index contributed by atoms with van der Waals surface area (Å²) in [6.45, 7) is 2.07. The lowest BCUT2D eigenvalue weighted by Crippen LogP contribution is -2.01. The number of rotatable bonds is 3. The predicted molar refractivity (Wildman–Crippen MR) is 112 cm³/mol. The van der Waals surface area contributed by atoms with Crippen molar-refractivity contribution in [1.29, 1.82) is 0 Å². The molecule has 0 fully saturated rings. The zero-order chi connectivity index (χ0) is 20.0. The van der Waals surface area contributed by atoms with Gasteiger partial charge in [-0.2, -0.15) is 0 Å². The van der Waals surface area contributed by atoms with Crippen molar-refractivity contribution in [2.45, 2.75) is 13.3 Å². The molecule has 142 valence electrons. The van der Waals surface area contributed by atoms with Gasteiger partial charge in [-0.25, -0.2) is 9.78 Å². The van der Waals surface area contributed by atoms with E-state index in [9.17, 15) is 4.79 Å². The van der Waals surface area contributed by atoms with E-state index < -0.39 is 5.97 Å². The molecule has 0 atom stereocenters. The average molecular weight is 382 g/mol. The van der Waals surface area contributed by atoms with Gasteiger partial charge in [-0.05, 0) is 36.2 Å². The Morgan fingerprint density at radius 1 is 1.03 bits per heavy atom. The number of hydrogen-bond donors (Lipinski definition) is 0. The largest absolute Gasteiger partial charge is 0.465 e. The minimum absolute atomic E-state index is 0.386. The van der Waals surface area contributed by atoms with E-state index in [0.29, 0.717) is 22.6 Å². The number of para-hydroxylation sites is 2. The smallest absolute Gasteiger partial charge is 0.340 e. The van der Waals surface area contributed by atoms with Gasteiger partial charge in [-0.3, -0.25) is 4.99 Å². The lowest BCUT2D eigenvalue weighted by atomic mass is 10.0. The van der Waals surface area contributed by atoms with Crippen LogP contribution in [0, 0.1) is 6.92 Å². The van der Waals surface area contributed by atoms with Crippen LogP contribution in [0.3, 0.4) is 0 Å². The van der Waals surface area contributed by atoms with E-state index in [4.69, 9.17) is 14.1 Å².